The summed E-state index contributed by atoms with van der Waals surface area (Å²) in [6, 6.07) is 9.29. The fourth-order valence-electron chi connectivity index (χ4n) is 1.34. The molecule has 0 aliphatic rings. The molecule has 1 heterocycles. The SMILES string of the molecule is O=C(Nc1ccc(Cl)cc1)Nc1ccc[nH]c1=O. The molecule has 0 aliphatic carbocycles. The molecule has 18 heavy (non-hydrogen) atoms. The predicted molar refractivity (Wildman–Crippen MR) is 71.2 cm³/mol. The zero-order valence-electron chi connectivity index (χ0n) is 9.24. The van der Waals surface area contributed by atoms with Crippen molar-refractivity contribution in [2.45, 2.75) is 0 Å². The standard InChI is InChI=1S/C12H10ClN3O2/c13-8-3-5-9(6-4-8)15-12(18)16-10-2-1-7-14-11(10)17/h1-7H,(H,14,17)(H2,15,16,18). The number of aromatic amines is 1. The summed E-state index contributed by atoms with van der Waals surface area (Å²) >= 11 is 5.72. The fourth-order valence-corrected chi connectivity index (χ4v) is 1.46. The van der Waals surface area contributed by atoms with Gasteiger partial charge in [0, 0.05) is 16.9 Å². The van der Waals surface area contributed by atoms with Gasteiger partial charge < -0.3 is 15.6 Å². The minimum atomic E-state index is -0.492. The van der Waals surface area contributed by atoms with Crippen LogP contribution in [0.2, 0.25) is 5.02 Å². The summed E-state index contributed by atoms with van der Waals surface area (Å²) in [6.07, 6.45) is 1.49. The van der Waals surface area contributed by atoms with Crippen LogP contribution >= 0.6 is 11.6 Å². The van der Waals surface area contributed by atoms with Crippen molar-refractivity contribution in [3.8, 4) is 0 Å². The molecule has 1 aromatic carbocycles. The van der Waals surface area contributed by atoms with Gasteiger partial charge in [-0.05, 0) is 36.4 Å². The predicted octanol–water partition coefficient (Wildman–Crippen LogP) is 2.67. The number of anilines is 2. The summed E-state index contributed by atoms with van der Waals surface area (Å²) in [4.78, 5) is 25.4. The van der Waals surface area contributed by atoms with Gasteiger partial charge >= 0.3 is 6.03 Å². The molecule has 2 aromatic rings. The third-order valence-electron chi connectivity index (χ3n) is 2.17. The highest BCUT2D eigenvalue weighted by Gasteiger charge is 2.04. The summed E-state index contributed by atoms with van der Waals surface area (Å²) in [5, 5.41) is 5.61. The Morgan fingerprint density at radius 1 is 1.11 bits per heavy atom. The fraction of sp³-hybridized carbons (Fsp3) is 0. The van der Waals surface area contributed by atoms with E-state index in [1.807, 2.05) is 0 Å². The van der Waals surface area contributed by atoms with Crippen molar-refractivity contribution in [2.75, 3.05) is 10.6 Å². The van der Waals surface area contributed by atoms with Crippen LogP contribution in [0.5, 0.6) is 0 Å². The lowest BCUT2D eigenvalue weighted by Crippen LogP contribution is -2.23. The molecule has 0 unspecified atom stereocenters. The summed E-state index contributed by atoms with van der Waals surface area (Å²) < 4.78 is 0. The maximum atomic E-state index is 11.6. The van der Waals surface area contributed by atoms with Gasteiger partial charge in [0.15, 0.2) is 0 Å². The van der Waals surface area contributed by atoms with Crippen molar-refractivity contribution in [3.05, 3.63) is 58.0 Å². The number of carbonyl (C=O) groups excluding carboxylic acids is 1. The third kappa shape index (κ3) is 3.11. The van der Waals surface area contributed by atoms with E-state index in [-0.39, 0.29) is 11.2 Å². The largest absolute Gasteiger partial charge is 0.327 e. The van der Waals surface area contributed by atoms with Crippen LogP contribution in [0.25, 0.3) is 0 Å². The average molecular weight is 264 g/mol. The molecule has 0 aliphatic heterocycles. The van der Waals surface area contributed by atoms with Crippen molar-refractivity contribution in [3.63, 3.8) is 0 Å². The van der Waals surface area contributed by atoms with Crippen LogP contribution in [0.4, 0.5) is 16.2 Å². The quantitative estimate of drug-likeness (QED) is 0.779. The van der Waals surface area contributed by atoms with Crippen molar-refractivity contribution >= 4 is 29.0 Å². The van der Waals surface area contributed by atoms with Gasteiger partial charge in [-0.15, -0.1) is 0 Å². The van der Waals surface area contributed by atoms with Gasteiger partial charge in [0.1, 0.15) is 5.69 Å². The first-order valence-corrected chi connectivity index (χ1v) is 5.54. The van der Waals surface area contributed by atoms with Gasteiger partial charge in [0.25, 0.3) is 5.56 Å². The first-order chi connectivity index (χ1) is 8.65. The first-order valence-electron chi connectivity index (χ1n) is 5.16. The first kappa shape index (κ1) is 12.2. The third-order valence-corrected chi connectivity index (χ3v) is 2.42. The summed E-state index contributed by atoms with van der Waals surface area (Å²) in [5.74, 6) is 0. The van der Waals surface area contributed by atoms with Crippen LogP contribution in [0.3, 0.4) is 0 Å². The molecule has 2 rings (SSSR count). The summed E-state index contributed by atoms with van der Waals surface area (Å²) in [5.41, 5.74) is 0.414. The average Bonchev–Trinajstić information content (AvgIpc) is 2.35. The number of carbonyl (C=O) groups is 1. The zero-order chi connectivity index (χ0) is 13.0. The molecule has 5 nitrogen and oxygen atoms in total. The minimum Gasteiger partial charge on any atom is -0.327 e. The molecule has 1 aromatic heterocycles. The van der Waals surface area contributed by atoms with Gasteiger partial charge in [-0.2, -0.15) is 0 Å². The van der Waals surface area contributed by atoms with Gasteiger partial charge in [0.05, 0.1) is 0 Å². The van der Waals surface area contributed by atoms with Crippen LogP contribution < -0.4 is 16.2 Å². The smallest absolute Gasteiger partial charge is 0.323 e. The maximum Gasteiger partial charge on any atom is 0.323 e. The summed E-state index contributed by atoms with van der Waals surface area (Å²) in [6.45, 7) is 0. The molecule has 2 amide bonds. The van der Waals surface area contributed by atoms with Crippen LogP contribution in [0.1, 0.15) is 0 Å². The van der Waals surface area contributed by atoms with Crippen LogP contribution in [0, 0.1) is 0 Å². The van der Waals surface area contributed by atoms with Crippen molar-refractivity contribution in [1.82, 2.24) is 4.98 Å². The molecule has 0 fully saturated rings. The van der Waals surface area contributed by atoms with Crippen LogP contribution in [-0.2, 0) is 0 Å². The molecule has 0 bridgehead atoms. The molecular formula is C12H10ClN3O2. The Bertz CT molecular complexity index is 607. The highest BCUT2D eigenvalue weighted by atomic mass is 35.5. The van der Waals surface area contributed by atoms with Gasteiger partial charge in [-0.3, -0.25) is 4.79 Å². The van der Waals surface area contributed by atoms with E-state index in [0.29, 0.717) is 10.7 Å². The number of pyridine rings is 1. The minimum absolute atomic E-state index is 0.184. The Balaban J connectivity index is 2.03. The molecule has 3 N–H and O–H groups in total. The number of nitrogens with one attached hydrogen (secondary N) is 3. The lowest BCUT2D eigenvalue weighted by molar-refractivity contribution is 0.262. The lowest BCUT2D eigenvalue weighted by atomic mass is 10.3. The number of urea groups is 1. The second-order valence-electron chi connectivity index (χ2n) is 3.50. The van der Waals surface area contributed by atoms with E-state index in [4.69, 9.17) is 11.6 Å². The molecule has 0 saturated heterocycles. The molecule has 6 heteroatoms. The van der Waals surface area contributed by atoms with E-state index in [0.717, 1.165) is 0 Å². The number of rotatable bonds is 2. The van der Waals surface area contributed by atoms with Gasteiger partial charge in [-0.25, -0.2) is 4.79 Å². The Morgan fingerprint density at radius 2 is 1.83 bits per heavy atom. The van der Waals surface area contributed by atoms with E-state index >= 15 is 0 Å². The van der Waals surface area contributed by atoms with E-state index in [1.165, 1.54) is 12.3 Å². The van der Waals surface area contributed by atoms with E-state index in [1.54, 1.807) is 30.3 Å². The lowest BCUT2D eigenvalue weighted by Gasteiger charge is -2.06. The molecule has 0 saturated carbocycles. The highest BCUT2D eigenvalue weighted by molar-refractivity contribution is 6.30. The number of hydrogen-bond donors (Lipinski definition) is 3. The summed E-state index contributed by atoms with van der Waals surface area (Å²) in [7, 11) is 0. The monoisotopic (exact) mass is 263 g/mol. The zero-order valence-corrected chi connectivity index (χ0v) is 9.99. The van der Waals surface area contributed by atoms with Crippen LogP contribution in [0.15, 0.2) is 47.4 Å². The normalized spacial score (nSPS) is 9.83. The molecule has 0 spiro atoms. The second kappa shape index (κ2) is 5.37. The van der Waals surface area contributed by atoms with E-state index < -0.39 is 6.03 Å². The Kier molecular flexibility index (Phi) is 3.64. The van der Waals surface area contributed by atoms with Crippen molar-refractivity contribution in [2.24, 2.45) is 0 Å². The number of amides is 2. The topological polar surface area (TPSA) is 74.0 Å². The molecule has 0 atom stereocenters. The Morgan fingerprint density at radius 3 is 2.50 bits per heavy atom. The van der Waals surface area contributed by atoms with E-state index in [9.17, 15) is 9.59 Å². The van der Waals surface area contributed by atoms with Gasteiger partial charge in [-0.1, -0.05) is 11.6 Å². The number of benzene rings is 1. The Labute approximate surface area is 108 Å². The maximum absolute atomic E-state index is 11.6. The Hall–Kier alpha value is -2.27. The second-order valence-corrected chi connectivity index (χ2v) is 3.94. The number of halogens is 1. The number of aromatic nitrogens is 1. The molecular weight excluding hydrogens is 254 g/mol. The van der Waals surface area contributed by atoms with Crippen LogP contribution in [-0.4, -0.2) is 11.0 Å². The molecule has 0 radical (unpaired) electrons. The van der Waals surface area contributed by atoms with Crippen molar-refractivity contribution in [1.29, 1.82) is 0 Å². The van der Waals surface area contributed by atoms with Crippen molar-refractivity contribution < 1.29 is 4.79 Å². The number of H-pyrrole nitrogens is 1. The molecule has 92 valence electrons. The highest BCUT2D eigenvalue weighted by Crippen LogP contribution is 2.13. The number of hydrogen-bond acceptors (Lipinski definition) is 2. The van der Waals surface area contributed by atoms with Gasteiger partial charge in [0.2, 0.25) is 0 Å². The van der Waals surface area contributed by atoms with E-state index in [2.05, 4.69) is 15.6 Å².